The molecule has 1 aromatic heterocycles. The van der Waals surface area contributed by atoms with Gasteiger partial charge in [0, 0.05) is 18.5 Å². The molecule has 0 aliphatic heterocycles. The van der Waals surface area contributed by atoms with Crippen LogP contribution in [-0.4, -0.2) is 12.1 Å². The molecular weight excluding hydrogens is 272 g/mol. The largest absolute Gasteiger partial charge is 0.486 e. The second-order valence-electron chi connectivity index (χ2n) is 4.65. The van der Waals surface area contributed by atoms with Crippen LogP contribution in [0.15, 0.2) is 18.2 Å². The molecule has 0 fully saturated rings. The Labute approximate surface area is 123 Å². The van der Waals surface area contributed by atoms with Crippen molar-refractivity contribution in [2.75, 3.05) is 7.11 Å². The summed E-state index contributed by atoms with van der Waals surface area (Å²) in [5.41, 5.74) is 9.12. The van der Waals surface area contributed by atoms with Gasteiger partial charge in [-0.2, -0.15) is 0 Å². The van der Waals surface area contributed by atoms with Gasteiger partial charge in [0.05, 0.1) is 12.3 Å². The van der Waals surface area contributed by atoms with E-state index in [4.69, 9.17) is 15.2 Å². The Morgan fingerprint density at radius 1 is 1.20 bits per heavy atom. The summed E-state index contributed by atoms with van der Waals surface area (Å²) in [5, 5.41) is 0.927. The third-order valence-corrected chi connectivity index (χ3v) is 4.22. The van der Waals surface area contributed by atoms with Gasteiger partial charge in [0.2, 0.25) is 0 Å². The second kappa shape index (κ2) is 6.83. The number of benzene rings is 1. The average molecular weight is 292 g/mol. The molecule has 0 aliphatic rings. The van der Waals surface area contributed by atoms with E-state index >= 15 is 0 Å². The summed E-state index contributed by atoms with van der Waals surface area (Å²) in [5.74, 6) is 0.867. The van der Waals surface area contributed by atoms with Gasteiger partial charge in [-0.3, -0.25) is 0 Å². The average Bonchev–Trinajstić information content (AvgIpc) is 2.83. The molecule has 0 amide bonds. The number of nitrogens with two attached hydrogens (primary N) is 1. The zero-order valence-electron chi connectivity index (χ0n) is 12.1. The number of aryl methyl sites for hydroxylation is 2. The van der Waals surface area contributed by atoms with Crippen LogP contribution in [0.25, 0.3) is 0 Å². The van der Waals surface area contributed by atoms with Gasteiger partial charge in [-0.15, -0.1) is 11.3 Å². The normalized spacial score (nSPS) is 10.8. The summed E-state index contributed by atoms with van der Waals surface area (Å²) in [6.07, 6.45) is 0. The second-order valence-corrected chi connectivity index (χ2v) is 5.82. The van der Waals surface area contributed by atoms with E-state index in [0.29, 0.717) is 19.8 Å². The minimum Gasteiger partial charge on any atom is -0.486 e. The quantitative estimate of drug-likeness (QED) is 0.889. The topological polar surface area (TPSA) is 57.4 Å². The van der Waals surface area contributed by atoms with Crippen LogP contribution in [0.3, 0.4) is 0 Å². The maximum Gasteiger partial charge on any atom is 0.140 e. The number of hydrogen-bond acceptors (Lipinski definition) is 5. The molecule has 5 heteroatoms. The molecule has 0 spiro atoms. The molecule has 0 saturated carbocycles. The van der Waals surface area contributed by atoms with Crippen LogP contribution in [0.4, 0.5) is 0 Å². The van der Waals surface area contributed by atoms with E-state index in [1.807, 2.05) is 12.1 Å². The summed E-state index contributed by atoms with van der Waals surface area (Å²) in [6.45, 7) is 5.61. The minimum absolute atomic E-state index is 0.462. The van der Waals surface area contributed by atoms with E-state index in [1.165, 1.54) is 11.1 Å². The molecule has 108 valence electrons. The van der Waals surface area contributed by atoms with Crippen LogP contribution >= 0.6 is 11.3 Å². The number of thiazole rings is 1. The highest BCUT2D eigenvalue weighted by Crippen LogP contribution is 2.22. The predicted octanol–water partition coefficient (Wildman–Crippen LogP) is 2.94. The van der Waals surface area contributed by atoms with Gasteiger partial charge in [0.15, 0.2) is 0 Å². The highest BCUT2D eigenvalue weighted by Gasteiger charge is 2.10. The van der Waals surface area contributed by atoms with Crippen molar-refractivity contribution in [3.8, 4) is 5.75 Å². The van der Waals surface area contributed by atoms with Gasteiger partial charge in [0.1, 0.15) is 17.4 Å². The first-order valence-electron chi connectivity index (χ1n) is 6.50. The fourth-order valence-electron chi connectivity index (χ4n) is 1.86. The molecular formula is C15H20N2O2S. The van der Waals surface area contributed by atoms with Crippen molar-refractivity contribution >= 4 is 11.3 Å². The van der Waals surface area contributed by atoms with E-state index in [2.05, 4.69) is 24.9 Å². The lowest BCUT2D eigenvalue weighted by atomic mass is 10.1. The van der Waals surface area contributed by atoms with Gasteiger partial charge in [-0.05, 0) is 37.1 Å². The van der Waals surface area contributed by atoms with Gasteiger partial charge in [0.25, 0.3) is 0 Å². The third-order valence-electron chi connectivity index (χ3n) is 3.13. The molecule has 0 unspecified atom stereocenters. The standard InChI is InChI=1S/C15H20N2O2S/c1-10-4-5-12(6-11(10)2)19-9-15-17-13(8-18-3)14(7-16)20-15/h4-6H,7-9,16H2,1-3H3. The first kappa shape index (κ1) is 15.0. The lowest BCUT2D eigenvalue weighted by molar-refractivity contribution is 0.181. The zero-order valence-corrected chi connectivity index (χ0v) is 12.9. The van der Waals surface area contributed by atoms with E-state index in [1.54, 1.807) is 18.4 Å². The Balaban J connectivity index is 2.04. The number of ether oxygens (including phenoxy) is 2. The Morgan fingerprint density at radius 2 is 2.00 bits per heavy atom. The molecule has 2 N–H and O–H groups in total. The molecule has 2 rings (SSSR count). The summed E-state index contributed by atoms with van der Waals surface area (Å²) in [4.78, 5) is 5.58. The Kier molecular flexibility index (Phi) is 5.11. The van der Waals surface area contributed by atoms with Crippen LogP contribution in [0.5, 0.6) is 5.75 Å². The van der Waals surface area contributed by atoms with Crippen LogP contribution in [0.1, 0.15) is 26.7 Å². The maximum absolute atomic E-state index is 5.79. The minimum atomic E-state index is 0.462. The maximum atomic E-state index is 5.79. The number of hydrogen-bond donors (Lipinski definition) is 1. The monoisotopic (exact) mass is 292 g/mol. The van der Waals surface area contributed by atoms with Gasteiger partial charge < -0.3 is 15.2 Å². The lowest BCUT2D eigenvalue weighted by Gasteiger charge is -2.06. The molecule has 4 nitrogen and oxygen atoms in total. The molecule has 2 aromatic rings. The molecule has 0 bridgehead atoms. The highest BCUT2D eigenvalue weighted by molar-refractivity contribution is 7.11. The first-order chi connectivity index (χ1) is 9.63. The number of aromatic nitrogens is 1. The summed E-state index contributed by atoms with van der Waals surface area (Å²) in [6, 6.07) is 6.09. The van der Waals surface area contributed by atoms with Crippen molar-refractivity contribution < 1.29 is 9.47 Å². The first-order valence-corrected chi connectivity index (χ1v) is 7.32. The summed E-state index contributed by atoms with van der Waals surface area (Å²) >= 11 is 1.58. The van der Waals surface area contributed by atoms with Crippen LogP contribution in [-0.2, 0) is 24.5 Å². The molecule has 0 aliphatic carbocycles. The van der Waals surface area contributed by atoms with E-state index < -0.39 is 0 Å². The van der Waals surface area contributed by atoms with E-state index in [0.717, 1.165) is 21.3 Å². The van der Waals surface area contributed by atoms with Crippen LogP contribution in [0.2, 0.25) is 0 Å². The summed E-state index contributed by atoms with van der Waals surface area (Å²) < 4.78 is 10.9. The highest BCUT2D eigenvalue weighted by atomic mass is 32.1. The smallest absolute Gasteiger partial charge is 0.140 e. The zero-order chi connectivity index (χ0) is 14.5. The van der Waals surface area contributed by atoms with Crippen molar-refractivity contribution in [3.05, 3.63) is 44.9 Å². The fraction of sp³-hybridized carbons (Fsp3) is 0.400. The third kappa shape index (κ3) is 3.56. The molecule has 1 aromatic carbocycles. The number of nitrogens with zero attached hydrogens (tertiary/aromatic N) is 1. The van der Waals surface area contributed by atoms with Crippen LogP contribution in [0, 0.1) is 13.8 Å². The fourth-order valence-corrected chi connectivity index (χ4v) is 2.72. The van der Waals surface area contributed by atoms with Crippen LogP contribution < -0.4 is 10.5 Å². The molecule has 0 radical (unpaired) electrons. The summed E-state index contributed by atoms with van der Waals surface area (Å²) in [7, 11) is 1.66. The lowest BCUT2D eigenvalue weighted by Crippen LogP contribution is -1.99. The Hall–Kier alpha value is -1.43. The van der Waals surface area contributed by atoms with Gasteiger partial charge in [-0.25, -0.2) is 4.98 Å². The SMILES string of the molecule is COCc1nc(COc2ccc(C)c(C)c2)sc1CN. The molecule has 0 saturated heterocycles. The molecule has 1 heterocycles. The van der Waals surface area contributed by atoms with Crippen molar-refractivity contribution in [3.63, 3.8) is 0 Å². The van der Waals surface area contributed by atoms with E-state index in [9.17, 15) is 0 Å². The van der Waals surface area contributed by atoms with E-state index in [-0.39, 0.29) is 0 Å². The van der Waals surface area contributed by atoms with Crippen molar-refractivity contribution in [2.24, 2.45) is 5.73 Å². The number of rotatable bonds is 6. The van der Waals surface area contributed by atoms with Gasteiger partial charge >= 0.3 is 0 Å². The molecule has 20 heavy (non-hydrogen) atoms. The molecule has 0 atom stereocenters. The van der Waals surface area contributed by atoms with Gasteiger partial charge in [-0.1, -0.05) is 6.07 Å². The van der Waals surface area contributed by atoms with Crippen molar-refractivity contribution in [2.45, 2.75) is 33.6 Å². The van der Waals surface area contributed by atoms with Crippen molar-refractivity contribution in [1.29, 1.82) is 0 Å². The van der Waals surface area contributed by atoms with Crippen molar-refractivity contribution in [1.82, 2.24) is 4.98 Å². The Bertz CT molecular complexity index is 581. The Morgan fingerprint density at radius 3 is 2.65 bits per heavy atom. The number of methoxy groups -OCH3 is 1. The predicted molar refractivity (Wildman–Crippen MR) is 81.0 cm³/mol.